The number of benzene rings is 1. The zero-order valence-corrected chi connectivity index (χ0v) is 12.2. The molecule has 1 aromatic heterocycles. The van der Waals surface area contributed by atoms with Crippen LogP contribution in [0.4, 0.5) is 0 Å². The van der Waals surface area contributed by atoms with Crippen LogP contribution in [0, 0.1) is 0 Å². The highest BCUT2D eigenvalue weighted by molar-refractivity contribution is 7.10. The number of hydrogen-bond acceptors (Lipinski definition) is 3. The fraction of sp³-hybridized carbons (Fsp3) is 0.312. The van der Waals surface area contributed by atoms with E-state index in [0.717, 1.165) is 6.54 Å². The number of carbonyl (C=O) groups excluding carboxylic acids is 1. The van der Waals surface area contributed by atoms with Gasteiger partial charge in [0.05, 0.1) is 6.04 Å². The Hall–Kier alpha value is -1.45. The van der Waals surface area contributed by atoms with Gasteiger partial charge in [-0.1, -0.05) is 36.4 Å². The number of rotatable bonds is 6. The van der Waals surface area contributed by atoms with Crippen molar-refractivity contribution in [3.05, 3.63) is 58.3 Å². The number of thiophene rings is 1. The van der Waals surface area contributed by atoms with Gasteiger partial charge in [-0.3, -0.25) is 9.69 Å². The van der Waals surface area contributed by atoms with Crippen LogP contribution in [0.15, 0.2) is 47.8 Å². The topological polar surface area (TPSA) is 20.3 Å². The predicted molar refractivity (Wildman–Crippen MR) is 80.3 cm³/mol. The average molecular weight is 273 g/mol. The molecule has 0 bridgehead atoms. The number of carbonyl (C=O) groups is 1. The molecule has 3 heteroatoms. The summed E-state index contributed by atoms with van der Waals surface area (Å²) in [6.45, 7) is 2.52. The lowest BCUT2D eigenvalue weighted by Crippen LogP contribution is -2.25. The van der Waals surface area contributed by atoms with E-state index in [0.29, 0.717) is 6.42 Å². The minimum absolute atomic E-state index is 0.178. The van der Waals surface area contributed by atoms with Gasteiger partial charge in [0.15, 0.2) is 0 Å². The van der Waals surface area contributed by atoms with E-state index in [4.69, 9.17) is 0 Å². The molecule has 0 aliphatic heterocycles. The highest BCUT2D eigenvalue weighted by atomic mass is 32.1. The van der Waals surface area contributed by atoms with E-state index in [9.17, 15) is 4.79 Å². The molecular weight excluding hydrogens is 254 g/mol. The summed E-state index contributed by atoms with van der Waals surface area (Å²) in [5.41, 5.74) is 1.27. The Morgan fingerprint density at radius 3 is 2.53 bits per heavy atom. The number of Topliss-reactive ketones (excluding diaryl/α,β-unsaturated/α-hetero) is 1. The molecule has 0 aliphatic carbocycles. The van der Waals surface area contributed by atoms with Crippen LogP contribution in [-0.4, -0.2) is 17.7 Å². The van der Waals surface area contributed by atoms with Gasteiger partial charge in [0.2, 0.25) is 0 Å². The van der Waals surface area contributed by atoms with Crippen molar-refractivity contribution in [2.45, 2.75) is 25.9 Å². The van der Waals surface area contributed by atoms with Crippen molar-refractivity contribution in [3.63, 3.8) is 0 Å². The largest absolute Gasteiger partial charge is 0.300 e. The Balaban J connectivity index is 2.12. The fourth-order valence-corrected chi connectivity index (χ4v) is 3.10. The van der Waals surface area contributed by atoms with Gasteiger partial charge >= 0.3 is 0 Å². The van der Waals surface area contributed by atoms with Crippen LogP contribution in [-0.2, 0) is 11.3 Å². The minimum Gasteiger partial charge on any atom is -0.300 e. The first-order valence-electron chi connectivity index (χ1n) is 6.44. The van der Waals surface area contributed by atoms with Gasteiger partial charge in [-0.05, 0) is 31.0 Å². The van der Waals surface area contributed by atoms with Crippen LogP contribution in [0.2, 0.25) is 0 Å². The summed E-state index contributed by atoms with van der Waals surface area (Å²) in [4.78, 5) is 15.0. The molecule has 0 saturated heterocycles. The van der Waals surface area contributed by atoms with Crippen LogP contribution in [0.3, 0.4) is 0 Å². The first-order valence-corrected chi connectivity index (χ1v) is 7.32. The van der Waals surface area contributed by atoms with Crippen LogP contribution >= 0.6 is 11.3 Å². The Kier molecular flexibility index (Phi) is 4.88. The molecule has 0 saturated carbocycles. The van der Waals surface area contributed by atoms with E-state index in [1.54, 1.807) is 18.3 Å². The summed E-state index contributed by atoms with van der Waals surface area (Å²) in [5.74, 6) is 0.235. The van der Waals surface area contributed by atoms with Crippen molar-refractivity contribution < 1.29 is 4.79 Å². The van der Waals surface area contributed by atoms with Gasteiger partial charge in [-0.15, -0.1) is 11.3 Å². The molecule has 2 rings (SSSR count). The third kappa shape index (κ3) is 4.01. The standard InChI is InChI=1S/C16H19NOS/c1-13(18)11-15(16-9-6-10-19-16)17(2)12-14-7-4-3-5-8-14/h3-10,15H,11-12H2,1-2H3. The number of ketones is 1. The molecule has 100 valence electrons. The molecule has 0 radical (unpaired) electrons. The number of hydrogen-bond donors (Lipinski definition) is 0. The average Bonchev–Trinajstić information content (AvgIpc) is 2.90. The maximum Gasteiger partial charge on any atom is 0.131 e. The van der Waals surface area contributed by atoms with Gasteiger partial charge in [0.1, 0.15) is 5.78 Å². The summed E-state index contributed by atoms with van der Waals surface area (Å²) in [7, 11) is 2.08. The van der Waals surface area contributed by atoms with Gasteiger partial charge in [-0.2, -0.15) is 0 Å². The van der Waals surface area contributed by atoms with Crippen LogP contribution in [0.1, 0.15) is 29.8 Å². The zero-order chi connectivity index (χ0) is 13.7. The molecule has 1 aromatic carbocycles. The van der Waals surface area contributed by atoms with Crippen molar-refractivity contribution in [1.29, 1.82) is 0 Å². The van der Waals surface area contributed by atoms with Gasteiger partial charge in [-0.25, -0.2) is 0 Å². The van der Waals surface area contributed by atoms with Crippen molar-refractivity contribution >= 4 is 17.1 Å². The Morgan fingerprint density at radius 1 is 1.21 bits per heavy atom. The molecule has 1 heterocycles. The maximum atomic E-state index is 11.5. The van der Waals surface area contributed by atoms with E-state index in [-0.39, 0.29) is 11.8 Å². The third-order valence-corrected chi connectivity index (χ3v) is 4.13. The Morgan fingerprint density at radius 2 is 1.95 bits per heavy atom. The second-order valence-corrected chi connectivity index (χ2v) is 5.82. The van der Waals surface area contributed by atoms with Crippen molar-refractivity contribution in [3.8, 4) is 0 Å². The molecule has 19 heavy (non-hydrogen) atoms. The number of nitrogens with zero attached hydrogens (tertiary/aromatic N) is 1. The quantitative estimate of drug-likeness (QED) is 0.795. The van der Waals surface area contributed by atoms with Gasteiger partial charge < -0.3 is 0 Å². The first-order chi connectivity index (χ1) is 9.16. The van der Waals surface area contributed by atoms with Crippen molar-refractivity contribution in [2.75, 3.05) is 7.05 Å². The van der Waals surface area contributed by atoms with Crippen molar-refractivity contribution in [1.82, 2.24) is 4.90 Å². The lowest BCUT2D eigenvalue weighted by Gasteiger charge is -2.26. The van der Waals surface area contributed by atoms with Crippen molar-refractivity contribution in [2.24, 2.45) is 0 Å². The fourth-order valence-electron chi connectivity index (χ4n) is 2.21. The summed E-state index contributed by atoms with van der Waals surface area (Å²) in [6.07, 6.45) is 0.573. The summed E-state index contributed by atoms with van der Waals surface area (Å²) in [5, 5.41) is 2.07. The SMILES string of the molecule is CC(=O)CC(c1cccs1)N(C)Cc1ccccc1. The van der Waals surface area contributed by atoms with E-state index in [1.165, 1.54) is 10.4 Å². The maximum absolute atomic E-state index is 11.5. The third-order valence-electron chi connectivity index (χ3n) is 3.16. The predicted octanol–water partition coefficient (Wildman–Crippen LogP) is 3.90. The minimum atomic E-state index is 0.178. The molecule has 1 atom stereocenters. The van der Waals surface area contributed by atoms with E-state index in [1.807, 2.05) is 24.3 Å². The zero-order valence-electron chi connectivity index (χ0n) is 11.4. The highest BCUT2D eigenvalue weighted by Gasteiger charge is 2.19. The smallest absolute Gasteiger partial charge is 0.131 e. The molecule has 1 unspecified atom stereocenters. The second kappa shape index (κ2) is 6.64. The highest BCUT2D eigenvalue weighted by Crippen LogP contribution is 2.28. The Labute approximate surface area is 118 Å². The molecule has 0 N–H and O–H groups in total. The summed E-state index contributed by atoms with van der Waals surface area (Å²) in [6, 6.07) is 14.7. The van der Waals surface area contributed by atoms with Crippen LogP contribution in [0.5, 0.6) is 0 Å². The molecular formula is C16H19NOS. The second-order valence-electron chi connectivity index (χ2n) is 4.84. The van der Waals surface area contributed by atoms with Gasteiger partial charge in [0.25, 0.3) is 0 Å². The summed E-state index contributed by atoms with van der Waals surface area (Å²) >= 11 is 1.72. The molecule has 0 fully saturated rings. The molecule has 2 aromatic rings. The first kappa shape index (κ1) is 14.0. The molecule has 2 nitrogen and oxygen atoms in total. The van der Waals surface area contributed by atoms with E-state index in [2.05, 4.69) is 35.5 Å². The lowest BCUT2D eigenvalue weighted by molar-refractivity contribution is -0.118. The molecule has 0 spiro atoms. The molecule has 0 amide bonds. The Bertz CT molecular complexity index is 507. The monoisotopic (exact) mass is 273 g/mol. The molecule has 0 aliphatic rings. The van der Waals surface area contributed by atoms with Crippen LogP contribution < -0.4 is 0 Å². The van der Waals surface area contributed by atoms with Gasteiger partial charge in [0, 0.05) is 17.8 Å². The normalized spacial score (nSPS) is 12.6. The van der Waals surface area contributed by atoms with Crippen LogP contribution in [0.25, 0.3) is 0 Å². The van der Waals surface area contributed by atoms with E-state index >= 15 is 0 Å². The summed E-state index contributed by atoms with van der Waals surface area (Å²) < 4.78 is 0. The van der Waals surface area contributed by atoms with E-state index < -0.39 is 0 Å². The lowest BCUT2D eigenvalue weighted by atomic mass is 10.1.